The van der Waals surface area contributed by atoms with Gasteiger partial charge in [0.25, 0.3) is 0 Å². The highest BCUT2D eigenvalue weighted by Gasteiger charge is 2.38. The summed E-state index contributed by atoms with van der Waals surface area (Å²) in [5.41, 5.74) is 1.60. The van der Waals surface area contributed by atoms with Gasteiger partial charge >= 0.3 is 12.1 Å². The number of guanidine groups is 1. The molecular formula is C28H25ClF3N3O2. The van der Waals surface area contributed by atoms with E-state index in [1.807, 2.05) is 36.4 Å². The number of ether oxygens (including phenoxy) is 1. The van der Waals surface area contributed by atoms with Gasteiger partial charge in [-0.25, -0.2) is 9.79 Å². The SMILES string of the molecule is COC(=O)C1=C(C)N(Cc2ccccc2C(F)(F)F)C(=NCc2ccccc2)NC1c1cccc(Cl)c1. The first-order chi connectivity index (χ1) is 17.7. The summed E-state index contributed by atoms with van der Waals surface area (Å²) in [6.45, 7) is 1.80. The molecule has 1 N–H and O–H groups in total. The van der Waals surface area contributed by atoms with Gasteiger partial charge in [0.05, 0.1) is 37.4 Å². The van der Waals surface area contributed by atoms with Crippen LogP contribution in [-0.4, -0.2) is 23.9 Å². The van der Waals surface area contributed by atoms with E-state index in [1.165, 1.54) is 19.2 Å². The summed E-state index contributed by atoms with van der Waals surface area (Å²) in [5.74, 6) is -0.276. The van der Waals surface area contributed by atoms with E-state index in [-0.39, 0.29) is 24.2 Å². The Labute approximate surface area is 218 Å². The van der Waals surface area contributed by atoms with E-state index in [2.05, 4.69) is 5.32 Å². The average molecular weight is 528 g/mol. The van der Waals surface area contributed by atoms with Gasteiger partial charge in [-0.2, -0.15) is 13.2 Å². The van der Waals surface area contributed by atoms with E-state index in [0.717, 1.165) is 11.6 Å². The molecule has 0 aliphatic carbocycles. The molecule has 0 amide bonds. The number of nitrogens with one attached hydrogen (secondary N) is 1. The summed E-state index contributed by atoms with van der Waals surface area (Å²) >= 11 is 6.23. The fourth-order valence-electron chi connectivity index (χ4n) is 4.28. The second-order valence-electron chi connectivity index (χ2n) is 8.49. The third-order valence-corrected chi connectivity index (χ3v) is 6.34. The molecule has 0 saturated heterocycles. The lowest BCUT2D eigenvalue weighted by molar-refractivity contribution is -0.139. The fraction of sp³-hybridized carbons (Fsp3) is 0.214. The number of nitrogens with zero attached hydrogens (tertiary/aromatic N) is 2. The van der Waals surface area contributed by atoms with Crippen molar-refractivity contribution in [2.45, 2.75) is 32.2 Å². The number of hydrogen-bond donors (Lipinski definition) is 1. The molecule has 0 aromatic heterocycles. The molecule has 0 bridgehead atoms. The van der Waals surface area contributed by atoms with Crippen molar-refractivity contribution >= 4 is 23.5 Å². The number of alkyl halides is 3. The van der Waals surface area contributed by atoms with E-state index >= 15 is 0 Å². The number of carbonyl (C=O) groups excluding carboxylic acids is 1. The van der Waals surface area contributed by atoms with Crippen molar-refractivity contribution in [1.29, 1.82) is 0 Å². The Bertz CT molecular complexity index is 1340. The Hall–Kier alpha value is -3.78. The van der Waals surface area contributed by atoms with Gasteiger partial charge in [-0.05, 0) is 41.8 Å². The van der Waals surface area contributed by atoms with Crippen LogP contribution >= 0.6 is 11.6 Å². The standard InChI is InChI=1S/C28H25ClF3N3O2/c1-18-24(26(36)37-2)25(20-12-8-13-22(29)15-20)34-27(33-16-19-9-4-3-5-10-19)35(18)17-21-11-6-7-14-23(21)28(30,31)32/h3-15,25H,16-17H2,1-2H3,(H,33,34). The number of halogens is 4. The molecule has 4 rings (SSSR count). The van der Waals surface area contributed by atoms with Crippen LogP contribution in [-0.2, 0) is 28.8 Å². The lowest BCUT2D eigenvalue weighted by Crippen LogP contribution is -2.49. The highest BCUT2D eigenvalue weighted by molar-refractivity contribution is 6.30. The molecule has 1 atom stereocenters. The Morgan fingerprint density at radius 2 is 1.76 bits per heavy atom. The Morgan fingerprint density at radius 1 is 1.05 bits per heavy atom. The predicted molar refractivity (Wildman–Crippen MR) is 137 cm³/mol. The molecule has 1 heterocycles. The molecule has 1 unspecified atom stereocenters. The normalized spacial score (nSPS) is 17.1. The van der Waals surface area contributed by atoms with Gasteiger partial charge in [0.1, 0.15) is 0 Å². The van der Waals surface area contributed by atoms with Gasteiger partial charge in [-0.1, -0.05) is 72.3 Å². The van der Waals surface area contributed by atoms with Crippen molar-refractivity contribution in [3.8, 4) is 0 Å². The number of rotatable bonds is 6. The Morgan fingerprint density at radius 3 is 2.43 bits per heavy atom. The third-order valence-electron chi connectivity index (χ3n) is 6.11. The van der Waals surface area contributed by atoms with E-state index in [9.17, 15) is 18.0 Å². The summed E-state index contributed by atoms with van der Waals surface area (Å²) in [4.78, 5) is 19.3. The van der Waals surface area contributed by atoms with Crippen LogP contribution in [0.3, 0.4) is 0 Å². The van der Waals surface area contributed by atoms with Gasteiger partial charge in [-0.3, -0.25) is 0 Å². The Kier molecular flexibility index (Phi) is 7.88. The number of esters is 1. The number of aliphatic imine (C=N–C) groups is 1. The van der Waals surface area contributed by atoms with Gasteiger partial charge in [0.15, 0.2) is 5.96 Å². The maximum atomic E-state index is 13.8. The first-order valence-corrected chi connectivity index (χ1v) is 11.9. The molecule has 0 fully saturated rings. The van der Waals surface area contributed by atoms with E-state index in [1.54, 1.807) is 36.1 Å². The molecule has 9 heteroatoms. The number of benzene rings is 3. The molecule has 192 valence electrons. The average Bonchev–Trinajstić information content (AvgIpc) is 2.88. The largest absolute Gasteiger partial charge is 0.466 e. The lowest BCUT2D eigenvalue weighted by Gasteiger charge is -2.38. The van der Waals surface area contributed by atoms with Crippen LogP contribution in [0.1, 0.15) is 35.2 Å². The zero-order valence-corrected chi connectivity index (χ0v) is 21.0. The smallest absolute Gasteiger partial charge is 0.416 e. The Balaban J connectivity index is 1.85. The molecule has 5 nitrogen and oxygen atoms in total. The van der Waals surface area contributed by atoms with Crippen LogP contribution in [0.25, 0.3) is 0 Å². The quantitative estimate of drug-likeness (QED) is 0.371. The topological polar surface area (TPSA) is 53.9 Å². The molecule has 0 radical (unpaired) electrons. The number of methoxy groups -OCH3 is 1. The first-order valence-electron chi connectivity index (χ1n) is 11.5. The highest BCUT2D eigenvalue weighted by Crippen LogP contribution is 2.36. The molecule has 3 aromatic rings. The zero-order valence-electron chi connectivity index (χ0n) is 20.2. The van der Waals surface area contributed by atoms with E-state index in [4.69, 9.17) is 21.3 Å². The van der Waals surface area contributed by atoms with Crippen LogP contribution in [0.2, 0.25) is 5.02 Å². The van der Waals surface area contributed by atoms with E-state index in [0.29, 0.717) is 22.2 Å². The third kappa shape index (κ3) is 5.97. The van der Waals surface area contributed by atoms with Gasteiger partial charge < -0.3 is 15.0 Å². The second kappa shape index (κ2) is 11.1. The molecular weight excluding hydrogens is 503 g/mol. The summed E-state index contributed by atoms with van der Waals surface area (Å²) < 4.78 is 46.4. The highest BCUT2D eigenvalue weighted by atomic mass is 35.5. The van der Waals surface area contributed by atoms with Gasteiger partial charge in [-0.15, -0.1) is 0 Å². The fourth-order valence-corrected chi connectivity index (χ4v) is 4.48. The minimum atomic E-state index is -4.53. The number of hydrogen-bond acceptors (Lipinski definition) is 3. The molecule has 0 saturated carbocycles. The van der Waals surface area contributed by atoms with Gasteiger partial charge in [0, 0.05) is 10.7 Å². The molecule has 37 heavy (non-hydrogen) atoms. The van der Waals surface area contributed by atoms with Gasteiger partial charge in [0.2, 0.25) is 0 Å². The summed E-state index contributed by atoms with van der Waals surface area (Å²) in [6.07, 6.45) is -4.53. The lowest BCUT2D eigenvalue weighted by atomic mass is 9.94. The van der Waals surface area contributed by atoms with Crippen molar-refractivity contribution in [3.63, 3.8) is 0 Å². The summed E-state index contributed by atoms with van der Waals surface area (Å²) in [5, 5.41) is 3.75. The van der Waals surface area contributed by atoms with Crippen LogP contribution in [0, 0.1) is 0 Å². The summed E-state index contributed by atoms with van der Waals surface area (Å²) in [7, 11) is 1.26. The zero-order chi connectivity index (χ0) is 26.6. The molecule has 3 aromatic carbocycles. The van der Waals surface area contributed by atoms with Crippen LogP contribution < -0.4 is 5.32 Å². The van der Waals surface area contributed by atoms with E-state index < -0.39 is 23.8 Å². The molecule has 0 spiro atoms. The number of carbonyl (C=O) groups is 1. The molecule has 1 aliphatic rings. The minimum absolute atomic E-state index is 0.0500. The summed E-state index contributed by atoms with van der Waals surface area (Å²) in [6, 6.07) is 21.2. The first kappa shape index (κ1) is 26.3. The minimum Gasteiger partial charge on any atom is -0.466 e. The van der Waals surface area contributed by atoms with Crippen molar-refractivity contribution < 1.29 is 22.7 Å². The predicted octanol–water partition coefficient (Wildman–Crippen LogP) is 6.51. The number of allylic oxidation sites excluding steroid dienone is 1. The van der Waals surface area contributed by atoms with Crippen molar-refractivity contribution in [2.75, 3.05) is 7.11 Å². The van der Waals surface area contributed by atoms with Crippen molar-refractivity contribution in [1.82, 2.24) is 10.2 Å². The van der Waals surface area contributed by atoms with Crippen LogP contribution in [0.5, 0.6) is 0 Å². The molecule has 1 aliphatic heterocycles. The maximum Gasteiger partial charge on any atom is 0.416 e. The van der Waals surface area contributed by atoms with Crippen molar-refractivity contribution in [2.24, 2.45) is 4.99 Å². The second-order valence-corrected chi connectivity index (χ2v) is 8.93. The van der Waals surface area contributed by atoms with Crippen LogP contribution in [0.4, 0.5) is 13.2 Å². The maximum absolute atomic E-state index is 13.8. The monoisotopic (exact) mass is 527 g/mol. The van der Waals surface area contributed by atoms with Crippen LogP contribution in [0.15, 0.2) is 95.1 Å². The van der Waals surface area contributed by atoms with Crippen molar-refractivity contribution in [3.05, 3.63) is 117 Å².